The van der Waals surface area contributed by atoms with E-state index < -0.39 is 5.97 Å². The normalized spacial score (nSPS) is 14.8. The van der Waals surface area contributed by atoms with Gasteiger partial charge in [-0.1, -0.05) is 19.3 Å². The van der Waals surface area contributed by atoms with Crippen molar-refractivity contribution in [3.8, 4) is 0 Å². The molecule has 0 bridgehead atoms. The van der Waals surface area contributed by atoms with Gasteiger partial charge in [-0.05, 0) is 37.1 Å². The van der Waals surface area contributed by atoms with Crippen LogP contribution in [0.15, 0.2) is 24.3 Å². The summed E-state index contributed by atoms with van der Waals surface area (Å²) < 4.78 is 17.8. The Bertz CT molecular complexity index is 631. The van der Waals surface area contributed by atoms with Crippen LogP contribution in [0.4, 0.5) is 10.1 Å². The summed E-state index contributed by atoms with van der Waals surface area (Å²) in [6, 6.07) is 5.43. The highest BCUT2D eigenvalue weighted by Gasteiger charge is 2.16. The first-order valence-electron chi connectivity index (χ1n) is 9.11. The molecule has 6 nitrogen and oxygen atoms in total. The predicted octanol–water partition coefficient (Wildman–Crippen LogP) is 2.83. The summed E-state index contributed by atoms with van der Waals surface area (Å²) in [6.45, 7) is 1.19. The van der Waals surface area contributed by atoms with Crippen LogP contribution in [-0.4, -0.2) is 53.9 Å². The lowest BCUT2D eigenvalue weighted by molar-refractivity contribution is -0.150. The zero-order chi connectivity index (χ0) is 19.5. The Hall–Kier alpha value is -2.09. The molecule has 27 heavy (non-hydrogen) atoms. The summed E-state index contributed by atoms with van der Waals surface area (Å²) in [6.07, 6.45) is 5.43. The largest absolute Gasteiger partial charge is 0.455 e. The number of esters is 1. The molecule has 1 aliphatic heterocycles. The number of likely N-dealkylation sites (tertiary alicyclic amines) is 1. The van der Waals surface area contributed by atoms with E-state index in [2.05, 4.69) is 5.32 Å². The Labute approximate surface area is 162 Å². The van der Waals surface area contributed by atoms with Gasteiger partial charge in [0.2, 0.25) is 5.91 Å². The Morgan fingerprint density at radius 3 is 2.30 bits per heavy atom. The van der Waals surface area contributed by atoms with Crippen molar-refractivity contribution in [2.75, 3.05) is 36.5 Å². The molecule has 2 amide bonds. The minimum absolute atomic E-state index is 0.00980. The van der Waals surface area contributed by atoms with Crippen LogP contribution < -0.4 is 5.32 Å². The van der Waals surface area contributed by atoms with E-state index in [0.29, 0.717) is 18.8 Å². The van der Waals surface area contributed by atoms with Gasteiger partial charge in [-0.2, -0.15) is 0 Å². The molecule has 1 saturated heterocycles. The molecule has 0 aromatic heterocycles. The predicted molar refractivity (Wildman–Crippen MR) is 103 cm³/mol. The first kappa shape index (κ1) is 21.2. The molecule has 8 heteroatoms. The molecular formula is C19H25FN2O4S. The number of halogens is 1. The van der Waals surface area contributed by atoms with E-state index in [-0.39, 0.29) is 35.7 Å². The van der Waals surface area contributed by atoms with Crippen LogP contribution in [0.2, 0.25) is 0 Å². The highest BCUT2D eigenvalue weighted by molar-refractivity contribution is 8.00. The summed E-state index contributed by atoms with van der Waals surface area (Å²) in [4.78, 5) is 37.4. The molecule has 1 aliphatic rings. The summed E-state index contributed by atoms with van der Waals surface area (Å²) in [5, 5.41) is 2.61. The van der Waals surface area contributed by atoms with E-state index in [1.807, 2.05) is 0 Å². The van der Waals surface area contributed by atoms with Gasteiger partial charge in [-0.25, -0.2) is 4.39 Å². The maximum Gasteiger partial charge on any atom is 0.316 e. The second-order valence-electron chi connectivity index (χ2n) is 6.36. The van der Waals surface area contributed by atoms with E-state index >= 15 is 0 Å². The molecule has 0 aliphatic carbocycles. The van der Waals surface area contributed by atoms with Gasteiger partial charge in [-0.15, -0.1) is 11.8 Å². The third kappa shape index (κ3) is 8.43. The van der Waals surface area contributed by atoms with E-state index in [9.17, 15) is 18.8 Å². The molecule has 0 atom stereocenters. The number of benzene rings is 1. The monoisotopic (exact) mass is 396 g/mol. The van der Waals surface area contributed by atoms with Crippen molar-refractivity contribution in [3.05, 3.63) is 30.1 Å². The number of hydrogen-bond acceptors (Lipinski definition) is 5. The number of carbonyl (C=O) groups is 3. The smallest absolute Gasteiger partial charge is 0.316 e. The Morgan fingerprint density at radius 1 is 1.00 bits per heavy atom. The van der Waals surface area contributed by atoms with Gasteiger partial charge in [0.15, 0.2) is 6.61 Å². The van der Waals surface area contributed by atoms with Crippen molar-refractivity contribution in [3.63, 3.8) is 0 Å². The van der Waals surface area contributed by atoms with Gasteiger partial charge < -0.3 is 15.0 Å². The third-order valence-corrected chi connectivity index (χ3v) is 5.05. The van der Waals surface area contributed by atoms with Crippen LogP contribution in [0.25, 0.3) is 0 Å². The van der Waals surface area contributed by atoms with Gasteiger partial charge in [0.1, 0.15) is 5.82 Å². The Balaban J connectivity index is 1.60. The molecule has 0 spiro atoms. The van der Waals surface area contributed by atoms with Crippen LogP contribution >= 0.6 is 11.8 Å². The number of rotatable bonds is 7. The first-order chi connectivity index (χ1) is 13.0. The molecule has 1 fully saturated rings. The molecule has 2 rings (SSSR count). The molecule has 1 heterocycles. The fraction of sp³-hybridized carbons (Fsp3) is 0.526. The zero-order valence-corrected chi connectivity index (χ0v) is 16.1. The molecule has 0 unspecified atom stereocenters. The summed E-state index contributed by atoms with van der Waals surface area (Å²) in [7, 11) is 0. The molecule has 1 N–H and O–H groups in total. The topological polar surface area (TPSA) is 75.7 Å². The summed E-state index contributed by atoms with van der Waals surface area (Å²) in [5.74, 6) is -1.30. The van der Waals surface area contributed by atoms with Crippen molar-refractivity contribution in [2.45, 2.75) is 32.1 Å². The quantitative estimate of drug-likeness (QED) is 0.718. The second-order valence-corrected chi connectivity index (χ2v) is 7.34. The molecule has 1 aromatic rings. The Kier molecular flexibility index (Phi) is 9.10. The highest BCUT2D eigenvalue weighted by atomic mass is 32.2. The number of anilines is 1. The van der Waals surface area contributed by atoms with Crippen molar-refractivity contribution >= 4 is 35.2 Å². The summed E-state index contributed by atoms with van der Waals surface area (Å²) in [5.41, 5.74) is 0.489. The van der Waals surface area contributed by atoms with Crippen molar-refractivity contribution < 1.29 is 23.5 Å². The van der Waals surface area contributed by atoms with Gasteiger partial charge in [-0.3, -0.25) is 14.4 Å². The van der Waals surface area contributed by atoms with Gasteiger partial charge in [0.05, 0.1) is 11.5 Å². The average molecular weight is 396 g/mol. The minimum atomic E-state index is -0.519. The van der Waals surface area contributed by atoms with Crippen LogP contribution in [0.5, 0.6) is 0 Å². The van der Waals surface area contributed by atoms with Crippen LogP contribution in [0.1, 0.15) is 32.1 Å². The third-order valence-electron chi connectivity index (χ3n) is 4.15. The first-order valence-corrected chi connectivity index (χ1v) is 10.3. The highest BCUT2D eigenvalue weighted by Crippen LogP contribution is 2.11. The fourth-order valence-corrected chi connectivity index (χ4v) is 3.34. The van der Waals surface area contributed by atoms with Crippen LogP contribution in [-0.2, 0) is 19.1 Å². The lowest BCUT2D eigenvalue weighted by Crippen LogP contribution is -2.37. The van der Waals surface area contributed by atoms with E-state index in [1.54, 1.807) is 4.90 Å². The standard InChI is InChI=1S/C19H25FN2O4S/c20-15-6-8-16(9-7-15)21-17(23)13-27-14-19(25)26-12-18(24)22-10-4-2-1-3-5-11-22/h6-9H,1-5,10-14H2,(H,21,23). The van der Waals surface area contributed by atoms with Crippen LogP contribution in [0, 0.1) is 5.82 Å². The maximum absolute atomic E-state index is 12.8. The van der Waals surface area contributed by atoms with Crippen molar-refractivity contribution in [1.82, 2.24) is 4.90 Å². The van der Waals surface area contributed by atoms with Crippen LogP contribution in [0.3, 0.4) is 0 Å². The number of carbonyl (C=O) groups excluding carboxylic acids is 3. The van der Waals surface area contributed by atoms with E-state index in [0.717, 1.165) is 37.4 Å². The lowest BCUT2D eigenvalue weighted by atomic mass is 10.1. The lowest BCUT2D eigenvalue weighted by Gasteiger charge is -2.24. The molecule has 1 aromatic carbocycles. The fourth-order valence-electron chi connectivity index (χ4n) is 2.73. The summed E-state index contributed by atoms with van der Waals surface area (Å²) >= 11 is 1.10. The SMILES string of the molecule is O=C(CSCC(=O)OCC(=O)N1CCCCCCC1)Nc1ccc(F)cc1. The number of nitrogens with one attached hydrogen (secondary N) is 1. The zero-order valence-electron chi connectivity index (χ0n) is 15.2. The second kappa shape index (κ2) is 11.6. The molecule has 0 radical (unpaired) electrons. The Morgan fingerprint density at radius 2 is 1.63 bits per heavy atom. The number of thioether (sulfide) groups is 1. The van der Waals surface area contributed by atoms with Crippen molar-refractivity contribution in [1.29, 1.82) is 0 Å². The number of amides is 2. The number of ether oxygens (including phenoxy) is 1. The number of nitrogens with zero attached hydrogens (tertiary/aromatic N) is 1. The van der Waals surface area contributed by atoms with E-state index in [1.165, 1.54) is 30.7 Å². The van der Waals surface area contributed by atoms with Gasteiger partial charge in [0, 0.05) is 18.8 Å². The van der Waals surface area contributed by atoms with Gasteiger partial charge >= 0.3 is 5.97 Å². The van der Waals surface area contributed by atoms with Gasteiger partial charge in [0.25, 0.3) is 5.91 Å². The molecular weight excluding hydrogens is 371 g/mol. The average Bonchev–Trinajstić information content (AvgIpc) is 2.61. The maximum atomic E-state index is 12.8. The molecule has 0 saturated carbocycles. The number of hydrogen-bond donors (Lipinski definition) is 1. The molecule has 148 valence electrons. The van der Waals surface area contributed by atoms with E-state index in [4.69, 9.17) is 4.74 Å². The van der Waals surface area contributed by atoms with Crippen molar-refractivity contribution in [2.24, 2.45) is 0 Å². The minimum Gasteiger partial charge on any atom is -0.455 e.